The summed E-state index contributed by atoms with van der Waals surface area (Å²) in [5.74, 6) is 18.3. The van der Waals surface area contributed by atoms with Gasteiger partial charge in [-0.3, -0.25) is 0 Å². The Morgan fingerprint density at radius 1 is 0.697 bits per heavy atom. The molecule has 2 N–H and O–H groups in total. The van der Waals surface area contributed by atoms with Crippen LogP contribution in [0.4, 0.5) is 0 Å². The second-order valence-electron chi connectivity index (χ2n) is 7.75. The Labute approximate surface area is 200 Å². The van der Waals surface area contributed by atoms with Crippen LogP contribution in [-0.4, -0.2) is 22.4 Å². The van der Waals surface area contributed by atoms with Crippen LogP contribution in [0.1, 0.15) is 88.6 Å². The lowest BCUT2D eigenvalue weighted by Crippen LogP contribution is -1.95. The second kappa shape index (κ2) is 19.6. The van der Waals surface area contributed by atoms with Gasteiger partial charge in [0.05, 0.1) is 0 Å². The summed E-state index contributed by atoms with van der Waals surface area (Å²) in [4.78, 5) is 0. The molecule has 0 amide bonds. The molecule has 3 heteroatoms. The predicted octanol–water partition coefficient (Wildman–Crippen LogP) is 5.76. The van der Waals surface area contributed by atoms with Crippen molar-refractivity contribution in [3.05, 3.63) is 48.0 Å². The first-order chi connectivity index (χ1) is 16.2. The van der Waals surface area contributed by atoms with Crippen molar-refractivity contribution in [2.45, 2.75) is 89.3 Å². The molecule has 3 nitrogen and oxygen atoms in total. The lowest BCUT2D eigenvalue weighted by Gasteiger charge is -1.97. The topological polar surface area (TPSA) is 53.6 Å². The highest BCUT2D eigenvalue weighted by molar-refractivity contribution is 5.32. The molecule has 1 aromatic heterocycles. The van der Waals surface area contributed by atoms with E-state index in [0.29, 0.717) is 11.5 Å². The minimum Gasteiger partial charge on any atom is -0.439 e. The smallest absolute Gasteiger partial charge is 0.178 e. The van der Waals surface area contributed by atoms with Crippen LogP contribution in [-0.2, 0) is 0 Å². The summed E-state index contributed by atoms with van der Waals surface area (Å²) >= 11 is 0. The van der Waals surface area contributed by atoms with Crippen molar-refractivity contribution >= 4 is 0 Å². The second-order valence-corrected chi connectivity index (χ2v) is 7.75. The monoisotopic (exact) mass is 444 g/mol. The molecule has 0 radical (unpaired) electrons. The van der Waals surface area contributed by atoms with Crippen molar-refractivity contribution in [2.75, 3.05) is 0 Å². The Bertz CT molecular complexity index is 837. The molecule has 1 heterocycles. The fraction of sp³-hybridized carbons (Fsp3) is 0.467. The fourth-order valence-electron chi connectivity index (χ4n) is 2.99. The molecule has 0 bridgehead atoms. The van der Waals surface area contributed by atoms with E-state index in [0.717, 1.165) is 77.0 Å². The summed E-state index contributed by atoms with van der Waals surface area (Å²) < 4.78 is 5.65. The maximum Gasteiger partial charge on any atom is 0.178 e. The van der Waals surface area contributed by atoms with Gasteiger partial charge in [0.15, 0.2) is 11.5 Å². The van der Waals surface area contributed by atoms with Crippen molar-refractivity contribution in [3.8, 4) is 48.4 Å². The largest absolute Gasteiger partial charge is 0.439 e. The van der Waals surface area contributed by atoms with Gasteiger partial charge in [0, 0.05) is 12.8 Å². The molecule has 0 aliphatic carbocycles. The maximum atomic E-state index is 9.21. The zero-order valence-corrected chi connectivity index (χ0v) is 19.6. The van der Waals surface area contributed by atoms with Crippen LogP contribution >= 0.6 is 0 Å². The van der Waals surface area contributed by atoms with Gasteiger partial charge in [-0.15, -0.1) is 12.8 Å². The lowest BCUT2D eigenvalue weighted by atomic mass is 10.1. The third-order valence-electron chi connectivity index (χ3n) is 4.85. The van der Waals surface area contributed by atoms with Gasteiger partial charge in [-0.1, -0.05) is 61.5 Å². The minimum atomic E-state index is -0.764. The average Bonchev–Trinajstić information content (AvgIpc) is 3.28. The molecule has 1 aromatic rings. The Balaban J connectivity index is 2.09. The number of aliphatic hydroxyl groups excluding tert-OH is 2. The quantitative estimate of drug-likeness (QED) is 0.218. The van der Waals surface area contributed by atoms with Gasteiger partial charge in [-0.2, -0.15) is 0 Å². The zero-order chi connectivity index (χ0) is 24.0. The average molecular weight is 445 g/mol. The number of unbranched alkanes of at least 4 members (excludes halogenated alkanes) is 10. The summed E-state index contributed by atoms with van der Waals surface area (Å²) in [6, 6.07) is 3.75. The van der Waals surface area contributed by atoms with E-state index in [1.54, 1.807) is 12.2 Å². The summed E-state index contributed by atoms with van der Waals surface area (Å²) in [6.45, 7) is 0. The van der Waals surface area contributed by atoms with E-state index in [1.807, 2.05) is 24.3 Å². The molecule has 1 rings (SSSR count). The maximum absolute atomic E-state index is 9.21. The molecule has 0 saturated heterocycles. The van der Waals surface area contributed by atoms with E-state index in [-0.39, 0.29) is 0 Å². The first-order valence-corrected chi connectivity index (χ1v) is 11.8. The van der Waals surface area contributed by atoms with Crippen LogP contribution in [0.3, 0.4) is 0 Å². The predicted molar refractivity (Wildman–Crippen MR) is 136 cm³/mol. The van der Waals surface area contributed by atoms with Crippen LogP contribution in [0.15, 0.2) is 40.9 Å². The molecule has 0 spiro atoms. The van der Waals surface area contributed by atoms with E-state index in [1.165, 1.54) is 0 Å². The molecule has 2 atom stereocenters. The normalized spacial score (nSPS) is 12.4. The zero-order valence-electron chi connectivity index (χ0n) is 19.6. The van der Waals surface area contributed by atoms with E-state index in [2.05, 4.69) is 35.5 Å². The van der Waals surface area contributed by atoms with Gasteiger partial charge < -0.3 is 14.6 Å². The number of rotatable bonds is 14. The lowest BCUT2D eigenvalue weighted by molar-refractivity contribution is 0.280. The van der Waals surface area contributed by atoms with Crippen molar-refractivity contribution in [3.63, 3.8) is 0 Å². The van der Waals surface area contributed by atoms with Crippen molar-refractivity contribution in [2.24, 2.45) is 0 Å². The summed E-state index contributed by atoms with van der Waals surface area (Å²) in [6.07, 6.45) is 28.4. The third kappa shape index (κ3) is 16.2. The molecule has 0 fully saturated rings. The Morgan fingerprint density at radius 3 is 1.55 bits per heavy atom. The van der Waals surface area contributed by atoms with E-state index in [9.17, 15) is 10.2 Å². The SMILES string of the molecule is C#CC(O)/C=C/CCCCCCC#Cc1ccc(C#CCCCCCC/C=C/C(O)C#C)o1. The molecule has 2 unspecified atom stereocenters. The van der Waals surface area contributed by atoms with Gasteiger partial charge in [0.2, 0.25) is 0 Å². The van der Waals surface area contributed by atoms with Crippen molar-refractivity contribution < 1.29 is 14.6 Å². The summed E-state index contributed by atoms with van der Waals surface area (Å²) in [5, 5.41) is 18.4. The third-order valence-corrected chi connectivity index (χ3v) is 4.85. The van der Waals surface area contributed by atoms with Gasteiger partial charge in [-0.25, -0.2) is 0 Å². The molecular formula is C30H36O3. The number of terminal acetylenes is 2. The van der Waals surface area contributed by atoms with E-state index in [4.69, 9.17) is 17.3 Å². The number of hydrogen-bond donors (Lipinski definition) is 2. The Morgan fingerprint density at radius 2 is 1.12 bits per heavy atom. The number of allylic oxidation sites excluding steroid dienone is 2. The van der Waals surface area contributed by atoms with Gasteiger partial charge in [0.1, 0.15) is 12.2 Å². The van der Waals surface area contributed by atoms with Crippen molar-refractivity contribution in [1.82, 2.24) is 0 Å². The highest BCUT2D eigenvalue weighted by atomic mass is 16.3. The van der Waals surface area contributed by atoms with Crippen LogP contribution < -0.4 is 0 Å². The first kappa shape index (κ1) is 28.0. The summed E-state index contributed by atoms with van der Waals surface area (Å²) in [7, 11) is 0. The minimum absolute atomic E-state index is 0.666. The van der Waals surface area contributed by atoms with Gasteiger partial charge >= 0.3 is 0 Å². The fourth-order valence-corrected chi connectivity index (χ4v) is 2.99. The van der Waals surface area contributed by atoms with Crippen LogP contribution in [0.5, 0.6) is 0 Å². The van der Waals surface area contributed by atoms with E-state index >= 15 is 0 Å². The van der Waals surface area contributed by atoms with Crippen LogP contribution in [0.25, 0.3) is 0 Å². The van der Waals surface area contributed by atoms with Crippen LogP contribution in [0.2, 0.25) is 0 Å². The molecule has 0 aliphatic rings. The first-order valence-electron chi connectivity index (χ1n) is 11.8. The van der Waals surface area contributed by atoms with Gasteiger partial charge in [0.25, 0.3) is 0 Å². The molecule has 33 heavy (non-hydrogen) atoms. The standard InChI is InChI=1S/C30H36O3/c1-3-27(31)21-17-13-9-5-7-11-15-19-23-29-25-26-30(33-29)24-20-16-12-8-6-10-14-18-22-28(32)4-2/h1-2,17-18,21-22,25-28,31-32H,5-16H2/b21-17+,22-18+. The molecular weight excluding hydrogens is 408 g/mol. The van der Waals surface area contributed by atoms with Crippen molar-refractivity contribution in [1.29, 1.82) is 0 Å². The molecule has 174 valence electrons. The van der Waals surface area contributed by atoms with E-state index < -0.39 is 12.2 Å². The highest BCUT2D eigenvalue weighted by Crippen LogP contribution is 2.09. The molecule has 0 aromatic carbocycles. The molecule has 0 saturated carbocycles. The Hall–Kier alpha value is -3.08. The number of aliphatic hydroxyl groups is 2. The number of furan rings is 1. The number of hydrogen-bond acceptors (Lipinski definition) is 3. The summed E-state index contributed by atoms with van der Waals surface area (Å²) in [5.41, 5.74) is 0. The highest BCUT2D eigenvalue weighted by Gasteiger charge is 1.96. The Kier molecular flexibility index (Phi) is 16.6. The van der Waals surface area contributed by atoms with Gasteiger partial charge in [-0.05, 0) is 74.7 Å². The molecule has 0 aliphatic heterocycles. The van der Waals surface area contributed by atoms with Crippen LogP contribution in [0, 0.1) is 48.4 Å².